The van der Waals surface area contributed by atoms with Crippen LogP contribution in [0.2, 0.25) is 0 Å². The summed E-state index contributed by atoms with van der Waals surface area (Å²) in [5.41, 5.74) is -1.19. The van der Waals surface area contributed by atoms with Crippen molar-refractivity contribution in [3.63, 3.8) is 0 Å². The lowest BCUT2D eigenvalue weighted by Gasteiger charge is -2.30. The van der Waals surface area contributed by atoms with Crippen LogP contribution in [0, 0.1) is 17.7 Å². The topological polar surface area (TPSA) is 18.5 Å². The average Bonchev–Trinajstić information content (AvgIpc) is 2.77. The molecule has 1 aliphatic heterocycles. The monoisotopic (exact) mass is 456 g/mol. The molecule has 2 atom stereocenters. The highest BCUT2D eigenvalue weighted by Gasteiger charge is 2.40. The van der Waals surface area contributed by atoms with E-state index in [4.69, 9.17) is 9.47 Å². The lowest BCUT2D eigenvalue weighted by atomic mass is 9.80. The molecular formula is C26H36F4O2. The number of halogens is 4. The summed E-state index contributed by atoms with van der Waals surface area (Å²) >= 11 is 0. The molecule has 1 aromatic rings. The van der Waals surface area contributed by atoms with Crippen LogP contribution in [0.15, 0.2) is 24.8 Å². The van der Waals surface area contributed by atoms with Gasteiger partial charge in [0.15, 0.2) is 0 Å². The number of alkyl halides is 3. The largest absolute Gasteiger partial charge is 0.493 e. The Kier molecular flexibility index (Phi) is 9.04. The Balaban J connectivity index is 1.65. The molecule has 0 amide bonds. The lowest BCUT2D eigenvalue weighted by molar-refractivity contribution is -0.141. The molecule has 3 rings (SSSR count). The van der Waals surface area contributed by atoms with Gasteiger partial charge in [-0.3, -0.25) is 0 Å². The summed E-state index contributed by atoms with van der Waals surface area (Å²) in [6, 6.07) is 2.76. The molecule has 0 N–H and O–H groups in total. The van der Waals surface area contributed by atoms with E-state index >= 15 is 4.39 Å². The highest BCUT2D eigenvalue weighted by atomic mass is 19.4. The van der Waals surface area contributed by atoms with E-state index in [-0.39, 0.29) is 36.7 Å². The van der Waals surface area contributed by atoms with Crippen LogP contribution < -0.4 is 4.74 Å². The summed E-state index contributed by atoms with van der Waals surface area (Å²) in [7, 11) is 0. The van der Waals surface area contributed by atoms with E-state index in [1.807, 2.05) is 6.08 Å². The van der Waals surface area contributed by atoms with E-state index in [2.05, 4.69) is 13.5 Å². The summed E-state index contributed by atoms with van der Waals surface area (Å²) in [6.07, 6.45) is 6.62. The Morgan fingerprint density at radius 2 is 1.78 bits per heavy atom. The number of benzene rings is 1. The first-order valence-electron chi connectivity index (χ1n) is 12.1. The first-order valence-corrected chi connectivity index (χ1v) is 12.1. The maximum absolute atomic E-state index is 15.1. The second-order valence-corrected chi connectivity index (χ2v) is 9.42. The quantitative estimate of drug-likeness (QED) is 0.276. The summed E-state index contributed by atoms with van der Waals surface area (Å²) in [4.78, 5) is 0. The zero-order valence-corrected chi connectivity index (χ0v) is 19.1. The second kappa shape index (κ2) is 11.5. The molecule has 1 heterocycles. The van der Waals surface area contributed by atoms with Crippen molar-refractivity contribution in [1.82, 2.24) is 0 Å². The van der Waals surface area contributed by atoms with Crippen LogP contribution in [-0.4, -0.2) is 19.3 Å². The predicted octanol–water partition coefficient (Wildman–Crippen LogP) is 8.06. The van der Waals surface area contributed by atoms with Crippen LogP contribution >= 0.6 is 0 Å². The Labute approximate surface area is 189 Å². The van der Waals surface area contributed by atoms with Gasteiger partial charge >= 0.3 is 6.18 Å². The third-order valence-electron chi connectivity index (χ3n) is 7.06. The minimum atomic E-state index is -4.81. The second-order valence-electron chi connectivity index (χ2n) is 9.42. The molecule has 0 aromatic heterocycles. The van der Waals surface area contributed by atoms with Gasteiger partial charge in [0.05, 0.1) is 19.3 Å². The van der Waals surface area contributed by atoms with Gasteiger partial charge in [-0.25, -0.2) is 4.39 Å². The summed E-state index contributed by atoms with van der Waals surface area (Å²) in [5, 5.41) is 0. The van der Waals surface area contributed by atoms with Gasteiger partial charge in [-0.2, -0.15) is 13.2 Å². The van der Waals surface area contributed by atoms with Crippen LogP contribution in [-0.2, 0) is 10.9 Å². The molecule has 0 bridgehead atoms. The Hall–Kier alpha value is -1.56. The molecule has 2 fully saturated rings. The maximum Gasteiger partial charge on any atom is 0.422 e. The molecule has 1 saturated heterocycles. The van der Waals surface area contributed by atoms with Crippen LogP contribution in [0.4, 0.5) is 17.6 Å². The molecule has 32 heavy (non-hydrogen) atoms. The van der Waals surface area contributed by atoms with Gasteiger partial charge in [0, 0.05) is 5.92 Å². The number of hydrogen-bond acceptors (Lipinski definition) is 2. The standard InChI is InChI=1S/C26H36F4O2/c1-3-5-7-18-8-10-19(11-9-18)16-32-23-15-14-22(25(27)24(23)26(28,29)30)20-12-13-21(6-4-2)31-17-20/h3,14-15,18-21H,1,4-13,16-17H2,2H3. The predicted molar refractivity (Wildman–Crippen MR) is 118 cm³/mol. The van der Waals surface area contributed by atoms with Crippen molar-refractivity contribution >= 4 is 0 Å². The summed E-state index contributed by atoms with van der Waals surface area (Å²) in [5.74, 6) is -1.09. The van der Waals surface area contributed by atoms with Gasteiger partial charge in [-0.15, -0.1) is 6.58 Å². The van der Waals surface area contributed by atoms with Gasteiger partial charge in [0.1, 0.15) is 17.1 Å². The molecule has 6 heteroatoms. The molecule has 180 valence electrons. The molecule has 0 spiro atoms. The maximum atomic E-state index is 15.1. The van der Waals surface area contributed by atoms with E-state index in [0.29, 0.717) is 12.3 Å². The van der Waals surface area contributed by atoms with Crippen molar-refractivity contribution in [3.8, 4) is 5.75 Å². The van der Waals surface area contributed by atoms with Crippen molar-refractivity contribution in [3.05, 3.63) is 41.7 Å². The summed E-state index contributed by atoms with van der Waals surface area (Å²) < 4.78 is 67.9. The smallest absolute Gasteiger partial charge is 0.422 e. The number of rotatable bonds is 9. The van der Waals surface area contributed by atoms with E-state index in [1.54, 1.807) is 0 Å². The zero-order chi connectivity index (χ0) is 23.1. The van der Waals surface area contributed by atoms with Gasteiger partial charge in [0.2, 0.25) is 0 Å². The van der Waals surface area contributed by atoms with E-state index in [9.17, 15) is 13.2 Å². The molecular weight excluding hydrogens is 420 g/mol. The van der Waals surface area contributed by atoms with E-state index in [1.165, 1.54) is 12.1 Å². The molecule has 2 nitrogen and oxygen atoms in total. The lowest BCUT2D eigenvalue weighted by Crippen LogP contribution is -2.26. The minimum Gasteiger partial charge on any atom is -0.493 e. The fourth-order valence-electron chi connectivity index (χ4n) is 5.12. The number of hydrogen-bond donors (Lipinski definition) is 0. The third kappa shape index (κ3) is 6.49. The van der Waals surface area contributed by atoms with Crippen LogP contribution in [0.1, 0.15) is 88.2 Å². The van der Waals surface area contributed by atoms with Gasteiger partial charge in [-0.1, -0.05) is 38.3 Å². The highest BCUT2D eigenvalue weighted by molar-refractivity contribution is 5.42. The third-order valence-corrected chi connectivity index (χ3v) is 7.06. The van der Waals surface area contributed by atoms with Crippen molar-refractivity contribution in [2.45, 2.75) is 89.3 Å². The molecule has 0 radical (unpaired) electrons. The van der Waals surface area contributed by atoms with Crippen molar-refractivity contribution in [2.75, 3.05) is 13.2 Å². The molecule has 1 aliphatic carbocycles. The molecule has 2 unspecified atom stereocenters. The zero-order valence-electron chi connectivity index (χ0n) is 19.1. The van der Waals surface area contributed by atoms with Crippen molar-refractivity contribution < 1.29 is 27.0 Å². The van der Waals surface area contributed by atoms with Crippen LogP contribution in [0.25, 0.3) is 0 Å². The van der Waals surface area contributed by atoms with Gasteiger partial charge in [0.25, 0.3) is 0 Å². The van der Waals surface area contributed by atoms with Crippen molar-refractivity contribution in [1.29, 1.82) is 0 Å². The van der Waals surface area contributed by atoms with Crippen LogP contribution in [0.3, 0.4) is 0 Å². The Morgan fingerprint density at radius 3 is 2.38 bits per heavy atom. The van der Waals surface area contributed by atoms with Crippen molar-refractivity contribution in [2.24, 2.45) is 11.8 Å². The first kappa shape index (κ1) is 25.1. The molecule has 2 aliphatic rings. The number of ether oxygens (including phenoxy) is 2. The molecule has 1 saturated carbocycles. The Bertz CT molecular complexity index is 730. The SMILES string of the molecule is C=CCCC1CCC(COc2ccc(C3CCC(CCC)OC3)c(F)c2C(F)(F)F)CC1. The minimum absolute atomic E-state index is 0.0855. The average molecular weight is 457 g/mol. The van der Waals surface area contributed by atoms with Gasteiger partial charge < -0.3 is 9.47 Å². The Morgan fingerprint density at radius 1 is 1.06 bits per heavy atom. The van der Waals surface area contributed by atoms with E-state index < -0.39 is 23.3 Å². The number of allylic oxidation sites excluding steroid dienone is 1. The van der Waals surface area contributed by atoms with Gasteiger partial charge in [-0.05, 0) is 68.4 Å². The fraction of sp³-hybridized carbons (Fsp3) is 0.692. The molecule has 1 aromatic carbocycles. The highest BCUT2D eigenvalue weighted by Crippen LogP contribution is 2.43. The van der Waals surface area contributed by atoms with E-state index in [0.717, 1.165) is 57.8 Å². The first-order chi connectivity index (χ1) is 15.3. The summed E-state index contributed by atoms with van der Waals surface area (Å²) in [6.45, 7) is 6.28. The fourth-order valence-corrected chi connectivity index (χ4v) is 5.12. The van der Waals surface area contributed by atoms with Crippen LogP contribution in [0.5, 0.6) is 5.75 Å². The normalized spacial score (nSPS) is 26.7.